The van der Waals surface area contributed by atoms with Crippen molar-refractivity contribution in [3.05, 3.63) is 106 Å². The van der Waals surface area contributed by atoms with Gasteiger partial charge in [-0.1, -0.05) is 54.1 Å². The van der Waals surface area contributed by atoms with E-state index in [1.807, 2.05) is 53.4 Å². The molecule has 1 fully saturated rings. The minimum Gasteiger partial charge on any atom is -0.350 e. The number of likely N-dealkylation sites (tertiary alicyclic amines) is 1. The van der Waals surface area contributed by atoms with Crippen LogP contribution in [0.25, 0.3) is 0 Å². The van der Waals surface area contributed by atoms with Gasteiger partial charge in [0.15, 0.2) is 0 Å². The molecule has 1 aliphatic heterocycles. The molecule has 1 atom stereocenters. The van der Waals surface area contributed by atoms with E-state index < -0.39 is 6.04 Å². The molecule has 0 spiro atoms. The fourth-order valence-corrected chi connectivity index (χ4v) is 4.26. The third-order valence-electron chi connectivity index (χ3n) is 6.04. The average Bonchev–Trinajstić information content (AvgIpc) is 3.43. The van der Waals surface area contributed by atoms with E-state index in [-0.39, 0.29) is 24.3 Å². The summed E-state index contributed by atoms with van der Waals surface area (Å²) in [6.07, 6.45) is 2.41. The van der Waals surface area contributed by atoms with Crippen molar-refractivity contribution >= 4 is 29.3 Å². The summed E-state index contributed by atoms with van der Waals surface area (Å²) in [7, 11) is 0. The summed E-state index contributed by atoms with van der Waals surface area (Å²) in [5.41, 5.74) is 2.80. The number of hydrogen-bond acceptors (Lipinski definition) is 3. The number of nitrogens with zero attached hydrogens (tertiary/aromatic N) is 1. The first-order valence-electron chi connectivity index (χ1n) is 11.8. The standard InChI is InChI=1S/C28H28ClN3O3/c29-24-13-11-22(12-14-24)26(33)31-25(18-20-7-2-1-3-8-20)27(34)30-19-21-9-6-10-23(17-21)28(35)32-15-4-5-16-32/h1-3,6-14,17,25H,4-5,15-16,18-19H2,(H,30,34)(H,31,33). The molecule has 6 nitrogen and oxygen atoms in total. The van der Waals surface area contributed by atoms with Crippen LogP contribution in [0.5, 0.6) is 0 Å². The summed E-state index contributed by atoms with van der Waals surface area (Å²) in [6, 6.07) is 22.6. The second-order valence-corrected chi connectivity index (χ2v) is 9.08. The lowest BCUT2D eigenvalue weighted by Gasteiger charge is -2.19. The molecule has 1 unspecified atom stereocenters. The van der Waals surface area contributed by atoms with Gasteiger partial charge < -0.3 is 15.5 Å². The summed E-state index contributed by atoms with van der Waals surface area (Å²) >= 11 is 5.93. The molecular weight excluding hydrogens is 462 g/mol. The molecule has 0 radical (unpaired) electrons. The maximum absolute atomic E-state index is 13.1. The minimum absolute atomic E-state index is 0.0212. The Morgan fingerprint density at radius 1 is 0.829 bits per heavy atom. The number of carbonyl (C=O) groups is 3. The van der Waals surface area contributed by atoms with Crippen molar-refractivity contribution in [2.24, 2.45) is 0 Å². The van der Waals surface area contributed by atoms with E-state index >= 15 is 0 Å². The molecule has 1 saturated heterocycles. The smallest absolute Gasteiger partial charge is 0.253 e. The molecule has 0 aromatic heterocycles. The first kappa shape index (κ1) is 24.5. The highest BCUT2D eigenvalue weighted by atomic mass is 35.5. The molecular formula is C28H28ClN3O3. The van der Waals surface area contributed by atoms with E-state index in [0.717, 1.165) is 37.1 Å². The zero-order valence-corrected chi connectivity index (χ0v) is 20.1. The van der Waals surface area contributed by atoms with E-state index in [1.54, 1.807) is 30.3 Å². The quantitative estimate of drug-likeness (QED) is 0.497. The molecule has 4 rings (SSSR count). The minimum atomic E-state index is -0.769. The normalized spacial score (nSPS) is 13.8. The van der Waals surface area contributed by atoms with Crippen LogP contribution in [0.4, 0.5) is 0 Å². The number of amides is 3. The number of benzene rings is 3. The molecule has 2 N–H and O–H groups in total. The Bertz CT molecular complexity index is 1180. The molecule has 35 heavy (non-hydrogen) atoms. The first-order valence-corrected chi connectivity index (χ1v) is 12.1. The van der Waals surface area contributed by atoms with Crippen LogP contribution in [-0.4, -0.2) is 41.8 Å². The van der Waals surface area contributed by atoms with Crippen molar-refractivity contribution in [1.29, 1.82) is 0 Å². The van der Waals surface area contributed by atoms with Gasteiger partial charge in [-0.15, -0.1) is 0 Å². The Morgan fingerprint density at radius 3 is 2.23 bits per heavy atom. The van der Waals surface area contributed by atoms with Gasteiger partial charge in [0, 0.05) is 42.2 Å². The van der Waals surface area contributed by atoms with Crippen LogP contribution in [0.15, 0.2) is 78.9 Å². The van der Waals surface area contributed by atoms with E-state index in [0.29, 0.717) is 22.6 Å². The van der Waals surface area contributed by atoms with Gasteiger partial charge in [0.1, 0.15) is 6.04 Å². The summed E-state index contributed by atoms with van der Waals surface area (Å²) in [5.74, 6) is -0.628. The summed E-state index contributed by atoms with van der Waals surface area (Å²) < 4.78 is 0. The zero-order valence-electron chi connectivity index (χ0n) is 19.4. The van der Waals surface area contributed by atoms with Crippen LogP contribution >= 0.6 is 11.6 Å². The van der Waals surface area contributed by atoms with Crippen LogP contribution in [-0.2, 0) is 17.8 Å². The first-order chi connectivity index (χ1) is 17.0. The second-order valence-electron chi connectivity index (χ2n) is 8.64. The Hall–Kier alpha value is -3.64. The predicted molar refractivity (Wildman–Crippen MR) is 136 cm³/mol. The molecule has 3 amide bonds. The van der Waals surface area contributed by atoms with Crippen molar-refractivity contribution in [1.82, 2.24) is 15.5 Å². The predicted octanol–water partition coefficient (Wildman–Crippen LogP) is 4.23. The van der Waals surface area contributed by atoms with Gasteiger partial charge in [-0.3, -0.25) is 14.4 Å². The van der Waals surface area contributed by atoms with Crippen molar-refractivity contribution in [3.8, 4) is 0 Å². The van der Waals surface area contributed by atoms with Crippen LogP contribution < -0.4 is 10.6 Å². The Labute approximate surface area is 210 Å². The van der Waals surface area contributed by atoms with Crippen molar-refractivity contribution in [2.45, 2.75) is 31.8 Å². The van der Waals surface area contributed by atoms with E-state index in [4.69, 9.17) is 11.6 Å². The Kier molecular flexibility index (Phi) is 8.16. The van der Waals surface area contributed by atoms with Crippen molar-refractivity contribution in [3.63, 3.8) is 0 Å². The monoisotopic (exact) mass is 489 g/mol. The van der Waals surface area contributed by atoms with Crippen molar-refractivity contribution in [2.75, 3.05) is 13.1 Å². The summed E-state index contributed by atoms with van der Waals surface area (Å²) in [4.78, 5) is 40.5. The highest BCUT2D eigenvalue weighted by Crippen LogP contribution is 2.15. The molecule has 1 heterocycles. The highest BCUT2D eigenvalue weighted by molar-refractivity contribution is 6.30. The van der Waals surface area contributed by atoms with Crippen molar-refractivity contribution < 1.29 is 14.4 Å². The van der Waals surface area contributed by atoms with E-state index in [2.05, 4.69) is 10.6 Å². The van der Waals surface area contributed by atoms with Gasteiger partial charge >= 0.3 is 0 Å². The van der Waals surface area contributed by atoms with Gasteiger partial charge in [0.05, 0.1) is 0 Å². The maximum atomic E-state index is 13.1. The molecule has 0 saturated carbocycles. The number of rotatable bonds is 8. The van der Waals surface area contributed by atoms with Gasteiger partial charge in [-0.2, -0.15) is 0 Å². The highest BCUT2D eigenvalue weighted by Gasteiger charge is 2.23. The van der Waals surface area contributed by atoms with E-state index in [1.165, 1.54) is 0 Å². The largest absolute Gasteiger partial charge is 0.350 e. The average molecular weight is 490 g/mol. The second kappa shape index (κ2) is 11.7. The van der Waals surface area contributed by atoms with Crippen LogP contribution in [0.3, 0.4) is 0 Å². The topological polar surface area (TPSA) is 78.5 Å². The Morgan fingerprint density at radius 2 is 1.51 bits per heavy atom. The van der Waals surface area contributed by atoms with Gasteiger partial charge in [0.2, 0.25) is 5.91 Å². The number of hydrogen-bond donors (Lipinski definition) is 2. The van der Waals surface area contributed by atoms with Gasteiger partial charge in [-0.25, -0.2) is 0 Å². The summed E-state index contributed by atoms with van der Waals surface area (Å²) in [6.45, 7) is 1.82. The Balaban J connectivity index is 1.43. The lowest BCUT2D eigenvalue weighted by atomic mass is 10.0. The molecule has 3 aromatic carbocycles. The van der Waals surface area contributed by atoms with Gasteiger partial charge in [0.25, 0.3) is 11.8 Å². The molecule has 3 aromatic rings. The third kappa shape index (κ3) is 6.70. The van der Waals surface area contributed by atoms with Crippen LogP contribution in [0.1, 0.15) is 44.7 Å². The maximum Gasteiger partial charge on any atom is 0.253 e. The summed E-state index contributed by atoms with van der Waals surface area (Å²) in [5, 5.41) is 6.30. The zero-order chi connectivity index (χ0) is 24.6. The van der Waals surface area contributed by atoms with Crippen LogP contribution in [0.2, 0.25) is 5.02 Å². The number of halogens is 1. The number of nitrogens with one attached hydrogen (secondary N) is 2. The SMILES string of the molecule is O=C(NC(Cc1ccccc1)C(=O)NCc1cccc(C(=O)N2CCCC2)c1)c1ccc(Cl)cc1. The van der Waals surface area contributed by atoms with Gasteiger partial charge in [-0.05, 0) is 60.4 Å². The molecule has 1 aliphatic rings. The molecule has 7 heteroatoms. The fourth-order valence-electron chi connectivity index (χ4n) is 4.13. The van der Waals surface area contributed by atoms with Crippen LogP contribution in [0, 0.1) is 0 Å². The van der Waals surface area contributed by atoms with E-state index in [9.17, 15) is 14.4 Å². The fraction of sp³-hybridized carbons (Fsp3) is 0.250. The molecule has 0 bridgehead atoms. The third-order valence-corrected chi connectivity index (χ3v) is 6.30. The lowest BCUT2D eigenvalue weighted by Crippen LogP contribution is -2.47. The molecule has 180 valence electrons. The number of carbonyl (C=O) groups excluding carboxylic acids is 3. The molecule has 0 aliphatic carbocycles. The lowest BCUT2D eigenvalue weighted by molar-refractivity contribution is -0.123.